The van der Waals surface area contributed by atoms with Gasteiger partial charge in [0.25, 0.3) is 0 Å². The number of hydrogen-bond acceptors (Lipinski definition) is 5. The molecule has 0 aliphatic heterocycles. The summed E-state index contributed by atoms with van der Waals surface area (Å²) in [6, 6.07) is -0.885. The first-order valence-corrected chi connectivity index (χ1v) is 6.57. The van der Waals surface area contributed by atoms with E-state index in [9.17, 15) is 14.7 Å². The SMILES string of the molecule is CCC(NC(O)C(C)(C)NC(=O)OC(C)(C)C)C(=O)O. The van der Waals surface area contributed by atoms with Gasteiger partial charge in [-0.05, 0) is 41.0 Å². The topological polar surface area (TPSA) is 108 Å². The van der Waals surface area contributed by atoms with E-state index in [1.807, 2.05) is 0 Å². The number of aliphatic hydroxyl groups is 1. The number of ether oxygens (including phenoxy) is 1. The molecule has 7 heteroatoms. The second kappa shape index (κ2) is 6.90. The van der Waals surface area contributed by atoms with Gasteiger partial charge in [-0.1, -0.05) is 6.92 Å². The number of hydrogen-bond donors (Lipinski definition) is 4. The van der Waals surface area contributed by atoms with Crippen LogP contribution >= 0.6 is 0 Å². The Morgan fingerprint density at radius 3 is 2.05 bits per heavy atom. The highest BCUT2D eigenvalue weighted by Crippen LogP contribution is 2.12. The van der Waals surface area contributed by atoms with Gasteiger partial charge < -0.3 is 20.3 Å². The molecule has 2 atom stereocenters. The molecule has 0 aromatic rings. The Morgan fingerprint density at radius 1 is 1.20 bits per heavy atom. The molecular formula is C13H26N2O5. The second-order valence-corrected chi connectivity index (χ2v) is 6.22. The number of carbonyl (C=O) groups excluding carboxylic acids is 1. The number of nitrogens with one attached hydrogen (secondary N) is 2. The van der Waals surface area contributed by atoms with Crippen molar-refractivity contribution in [1.82, 2.24) is 10.6 Å². The van der Waals surface area contributed by atoms with Crippen molar-refractivity contribution in [3.05, 3.63) is 0 Å². The summed E-state index contributed by atoms with van der Waals surface area (Å²) in [7, 11) is 0. The summed E-state index contributed by atoms with van der Waals surface area (Å²) in [6.45, 7) is 10.0. The number of carboxylic acids is 1. The summed E-state index contributed by atoms with van der Waals surface area (Å²) in [6.07, 6.45) is -1.59. The molecule has 1 amide bonds. The van der Waals surface area contributed by atoms with Crippen molar-refractivity contribution >= 4 is 12.1 Å². The smallest absolute Gasteiger partial charge is 0.408 e. The van der Waals surface area contributed by atoms with E-state index in [0.29, 0.717) is 6.42 Å². The van der Waals surface area contributed by atoms with Crippen molar-refractivity contribution in [3.63, 3.8) is 0 Å². The lowest BCUT2D eigenvalue weighted by Crippen LogP contribution is -2.61. The van der Waals surface area contributed by atoms with E-state index in [0.717, 1.165) is 0 Å². The highest BCUT2D eigenvalue weighted by Gasteiger charge is 2.33. The summed E-state index contributed by atoms with van der Waals surface area (Å²) in [4.78, 5) is 22.6. The van der Waals surface area contributed by atoms with Gasteiger partial charge in [-0.15, -0.1) is 0 Å². The monoisotopic (exact) mass is 290 g/mol. The molecule has 0 bridgehead atoms. The predicted molar refractivity (Wildman–Crippen MR) is 74.3 cm³/mol. The molecular weight excluding hydrogens is 264 g/mol. The van der Waals surface area contributed by atoms with E-state index in [1.54, 1.807) is 41.5 Å². The Morgan fingerprint density at radius 2 is 1.70 bits per heavy atom. The Kier molecular flexibility index (Phi) is 6.43. The maximum atomic E-state index is 11.7. The summed E-state index contributed by atoms with van der Waals surface area (Å²) in [5.74, 6) is -1.06. The van der Waals surface area contributed by atoms with E-state index < -0.39 is 35.5 Å². The lowest BCUT2D eigenvalue weighted by atomic mass is 10.0. The van der Waals surface area contributed by atoms with E-state index in [4.69, 9.17) is 9.84 Å². The molecule has 118 valence electrons. The zero-order valence-corrected chi connectivity index (χ0v) is 13.0. The fourth-order valence-corrected chi connectivity index (χ4v) is 1.40. The minimum atomic E-state index is -1.23. The first-order chi connectivity index (χ1) is 8.89. The molecule has 0 fully saturated rings. The molecule has 0 heterocycles. The molecule has 0 saturated heterocycles. The van der Waals surface area contributed by atoms with Crippen LogP contribution < -0.4 is 10.6 Å². The van der Waals surface area contributed by atoms with Crippen molar-refractivity contribution in [2.45, 2.75) is 71.4 Å². The molecule has 0 aliphatic carbocycles. The van der Waals surface area contributed by atoms with Crippen molar-refractivity contribution in [2.24, 2.45) is 0 Å². The average Bonchev–Trinajstić information content (AvgIpc) is 2.20. The highest BCUT2D eigenvalue weighted by atomic mass is 16.6. The van der Waals surface area contributed by atoms with Gasteiger partial charge in [0.15, 0.2) is 0 Å². The van der Waals surface area contributed by atoms with Gasteiger partial charge in [-0.3, -0.25) is 10.1 Å². The molecule has 0 spiro atoms. The third-order valence-electron chi connectivity index (χ3n) is 2.57. The maximum absolute atomic E-state index is 11.7. The third kappa shape index (κ3) is 6.72. The first-order valence-electron chi connectivity index (χ1n) is 6.57. The predicted octanol–water partition coefficient (Wildman–Crippen LogP) is 1.06. The number of alkyl carbamates (subject to hydrolysis) is 1. The number of rotatable bonds is 6. The first kappa shape index (κ1) is 18.7. The molecule has 20 heavy (non-hydrogen) atoms. The van der Waals surface area contributed by atoms with Crippen molar-refractivity contribution in [2.75, 3.05) is 0 Å². The van der Waals surface area contributed by atoms with Crippen LogP contribution in [0, 0.1) is 0 Å². The van der Waals surface area contributed by atoms with Gasteiger partial charge in [0.2, 0.25) is 0 Å². The molecule has 0 aromatic carbocycles. The van der Waals surface area contributed by atoms with Crippen molar-refractivity contribution in [1.29, 1.82) is 0 Å². The molecule has 0 saturated carbocycles. The fraction of sp³-hybridized carbons (Fsp3) is 0.846. The van der Waals surface area contributed by atoms with Crippen LogP contribution in [0.5, 0.6) is 0 Å². The summed E-state index contributed by atoms with van der Waals surface area (Å²) in [5.41, 5.74) is -1.73. The van der Waals surface area contributed by atoms with Gasteiger partial charge >= 0.3 is 12.1 Å². The summed E-state index contributed by atoms with van der Waals surface area (Å²) in [5, 5.41) is 24.0. The molecule has 0 radical (unpaired) electrons. The Labute approximate surface area is 119 Å². The van der Waals surface area contributed by atoms with Gasteiger partial charge in [-0.25, -0.2) is 4.79 Å². The van der Waals surface area contributed by atoms with Crippen molar-refractivity contribution < 1.29 is 24.5 Å². The van der Waals surface area contributed by atoms with Crippen LogP contribution in [0.3, 0.4) is 0 Å². The average molecular weight is 290 g/mol. The maximum Gasteiger partial charge on any atom is 0.408 e. The van der Waals surface area contributed by atoms with Gasteiger partial charge in [0.1, 0.15) is 17.9 Å². The van der Waals surface area contributed by atoms with Gasteiger partial charge in [-0.2, -0.15) is 0 Å². The number of aliphatic carboxylic acids is 1. The number of aliphatic hydroxyl groups excluding tert-OH is 1. The second-order valence-electron chi connectivity index (χ2n) is 6.22. The molecule has 2 unspecified atom stereocenters. The van der Waals surface area contributed by atoms with Crippen LogP contribution in [0.1, 0.15) is 48.0 Å². The van der Waals surface area contributed by atoms with Crippen LogP contribution in [0.2, 0.25) is 0 Å². The normalized spacial score (nSPS) is 15.3. The van der Waals surface area contributed by atoms with Gasteiger partial charge in [0, 0.05) is 0 Å². The van der Waals surface area contributed by atoms with Crippen molar-refractivity contribution in [3.8, 4) is 0 Å². The Balaban J connectivity index is 4.62. The fourth-order valence-electron chi connectivity index (χ4n) is 1.40. The molecule has 0 aromatic heterocycles. The Hall–Kier alpha value is -1.34. The standard InChI is InChI=1S/C13H26N2O5/c1-7-8(9(16)17)14-10(18)13(5,6)15-11(19)20-12(2,3)4/h8,10,14,18H,7H2,1-6H3,(H,15,19)(H,16,17). The minimum Gasteiger partial charge on any atom is -0.480 e. The molecule has 4 N–H and O–H groups in total. The lowest BCUT2D eigenvalue weighted by Gasteiger charge is -2.34. The summed E-state index contributed by atoms with van der Waals surface area (Å²) < 4.78 is 5.10. The summed E-state index contributed by atoms with van der Waals surface area (Å²) >= 11 is 0. The van der Waals surface area contributed by atoms with E-state index in [-0.39, 0.29) is 0 Å². The quantitative estimate of drug-likeness (QED) is 0.545. The molecule has 0 rings (SSSR count). The third-order valence-corrected chi connectivity index (χ3v) is 2.57. The zero-order valence-electron chi connectivity index (χ0n) is 13.0. The highest BCUT2D eigenvalue weighted by molar-refractivity contribution is 5.73. The van der Waals surface area contributed by atoms with Crippen LogP contribution in [0.25, 0.3) is 0 Å². The van der Waals surface area contributed by atoms with Gasteiger partial charge in [0.05, 0.1) is 5.54 Å². The molecule has 7 nitrogen and oxygen atoms in total. The largest absolute Gasteiger partial charge is 0.480 e. The number of carbonyl (C=O) groups is 2. The van der Waals surface area contributed by atoms with E-state index in [1.165, 1.54) is 0 Å². The lowest BCUT2D eigenvalue weighted by molar-refractivity contribution is -0.141. The minimum absolute atomic E-state index is 0.314. The van der Waals surface area contributed by atoms with Crippen LogP contribution in [-0.2, 0) is 9.53 Å². The van der Waals surface area contributed by atoms with Crippen LogP contribution in [0.15, 0.2) is 0 Å². The van der Waals surface area contributed by atoms with Crippen LogP contribution in [-0.4, -0.2) is 45.7 Å². The molecule has 0 aliphatic rings. The zero-order chi connectivity index (χ0) is 16.1. The van der Waals surface area contributed by atoms with E-state index >= 15 is 0 Å². The van der Waals surface area contributed by atoms with Crippen LogP contribution in [0.4, 0.5) is 4.79 Å². The Bertz CT molecular complexity index is 349. The van der Waals surface area contributed by atoms with E-state index in [2.05, 4.69) is 10.6 Å². The number of carboxylic acid groups (broad SMARTS) is 1. The number of amides is 1.